The van der Waals surface area contributed by atoms with Crippen molar-refractivity contribution in [2.75, 3.05) is 11.9 Å². The standard InChI is InChI=1S/C27H29N5O2S/c1-17(2)25(33)30-20-14-21(27(34)31-12-7-10-23(31)26-28-11-13-35-26)24-22(15-20)29-18(3)32(24)16-19-8-5-4-6-9-19/h4-6,8-9,11,13-15,17,23H,7,10,12,16H2,1-3H3,(H,30,33)/t23-/m0/s1. The number of thiazole rings is 1. The van der Waals surface area contributed by atoms with E-state index in [1.807, 2.05) is 61.4 Å². The number of rotatable bonds is 6. The minimum atomic E-state index is -0.171. The Hall–Kier alpha value is -3.52. The zero-order valence-electron chi connectivity index (χ0n) is 20.2. The predicted molar refractivity (Wildman–Crippen MR) is 139 cm³/mol. The molecule has 1 N–H and O–H groups in total. The van der Waals surface area contributed by atoms with Gasteiger partial charge in [0.1, 0.15) is 10.8 Å². The molecule has 0 bridgehead atoms. The molecule has 0 spiro atoms. The Bertz CT molecular complexity index is 1360. The van der Waals surface area contributed by atoms with Gasteiger partial charge in [-0.1, -0.05) is 44.2 Å². The van der Waals surface area contributed by atoms with Crippen LogP contribution in [0.4, 0.5) is 5.69 Å². The number of nitrogens with zero attached hydrogens (tertiary/aromatic N) is 4. The van der Waals surface area contributed by atoms with Crippen LogP contribution < -0.4 is 5.32 Å². The second-order valence-corrected chi connectivity index (χ2v) is 10.2. The summed E-state index contributed by atoms with van der Waals surface area (Å²) in [5.74, 6) is 0.505. The zero-order valence-corrected chi connectivity index (χ0v) is 21.0. The van der Waals surface area contributed by atoms with Crippen molar-refractivity contribution < 1.29 is 9.59 Å². The van der Waals surface area contributed by atoms with Crippen molar-refractivity contribution in [3.8, 4) is 0 Å². The highest BCUT2D eigenvalue weighted by Gasteiger charge is 2.34. The van der Waals surface area contributed by atoms with Crippen molar-refractivity contribution in [2.45, 2.75) is 46.2 Å². The van der Waals surface area contributed by atoms with Gasteiger partial charge in [-0.15, -0.1) is 11.3 Å². The van der Waals surface area contributed by atoms with Crippen LogP contribution in [-0.4, -0.2) is 37.8 Å². The number of aromatic nitrogens is 3. The number of anilines is 1. The topological polar surface area (TPSA) is 80.1 Å². The molecule has 1 aliphatic rings. The van der Waals surface area contributed by atoms with Gasteiger partial charge in [-0.3, -0.25) is 9.59 Å². The monoisotopic (exact) mass is 487 g/mol. The SMILES string of the molecule is Cc1nc2cc(NC(=O)C(C)C)cc(C(=O)N3CCC[C@H]3c3nccs3)c2n1Cc1ccccc1. The Morgan fingerprint density at radius 3 is 2.71 bits per heavy atom. The predicted octanol–water partition coefficient (Wildman–Crippen LogP) is 5.42. The fourth-order valence-electron chi connectivity index (χ4n) is 4.69. The summed E-state index contributed by atoms with van der Waals surface area (Å²) in [6.07, 6.45) is 3.62. The summed E-state index contributed by atoms with van der Waals surface area (Å²) in [5, 5.41) is 5.88. The highest BCUT2D eigenvalue weighted by atomic mass is 32.1. The lowest BCUT2D eigenvalue weighted by Crippen LogP contribution is -2.31. The third kappa shape index (κ3) is 4.58. The van der Waals surface area contributed by atoms with Gasteiger partial charge in [0.25, 0.3) is 5.91 Å². The van der Waals surface area contributed by atoms with E-state index in [4.69, 9.17) is 4.98 Å². The maximum absolute atomic E-state index is 14.1. The number of amides is 2. The molecule has 7 nitrogen and oxygen atoms in total. The van der Waals surface area contributed by atoms with Gasteiger partial charge in [-0.05, 0) is 37.5 Å². The van der Waals surface area contributed by atoms with Crippen molar-refractivity contribution in [3.05, 3.63) is 76.0 Å². The van der Waals surface area contributed by atoms with E-state index in [2.05, 4.69) is 27.0 Å². The highest BCUT2D eigenvalue weighted by Crippen LogP contribution is 2.36. The second kappa shape index (κ2) is 9.62. The molecule has 3 heterocycles. The van der Waals surface area contributed by atoms with Crippen LogP contribution in [0, 0.1) is 12.8 Å². The molecule has 1 aliphatic heterocycles. The number of hydrogen-bond donors (Lipinski definition) is 1. The maximum Gasteiger partial charge on any atom is 0.256 e. The third-order valence-corrected chi connectivity index (χ3v) is 7.37. The molecule has 5 rings (SSSR count). The first kappa shape index (κ1) is 23.2. The van der Waals surface area contributed by atoms with E-state index in [0.717, 1.165) is 34.8 Å². The molecule has 35 heavy (non-hydrogen) atoms. The molecule has 1 fully saturated rings. The molecular weight excluding hydrogens is 458 g/mol. The fourth-order valence-corrected chi connectivity index (χ4v) is 5.47. The lowest BCUT2D eigenvalue weighted by molar-refractivity contribution is -0.118. The van der Waals surface area contributed by atoms with Gasteiger partial charge in [0.15, 0.2) is 0 Å². The van der Waals surface area contributed by atoms with Gasteiger partial charge in [-0.2, -0.15) is 0 Å². The first-order valence-electron chi connectivity index (χ1n) is 12.0. The van der Waals surface area contributed by atoms with Crippen molar-refractivity contribution in [3.63, 3.8) is 0 Å². The molecule has 0 radical (unpaired) electrons. The second-order valence-electron chi connectivity index (χ2n) is 9.29. The quantitative estimate of drug-likeness (QED) is 0.394. The molecule has 8 heteroatoms. The molecule has 2 aromatic heterocycles. The molecule has 2 aromatic carbocycles. The van der Waals surface area contributed by atoms with Crippen LogP contribution in [-0.2, 0) is 11.3 Å². The van der Waals surface area contributed by atoms with Gasteiger partial charge in [0, 0.05) is 36.3 Å². The number of carbonyl (C=O) groups is 2. The van der Waals surface area contributed by atoms with Crippen LogP contribution in [0.3, 0.4) is 0 Å². The van der Waals surface area contributed by atoms with E-state index in [9.17, 15) is 9.59 Å². The third-order valence-electron chi connectivity index (χ3n) is 6.49. The summed E-state index contributed by atoms with van der Waals surface area (Å²) >= 11 is 1.58. The summed E-state index contributed by atoms with van der Waals surface area (Å²) in [4.78, 5) is 37.8. The normalized spacial score (nSPS) is 15.8. The van der Waals surface area contributed by atoms with Crippen molar-refractivity contribution in [2.24, 2.45) is 5.92 Å². The average molecular weight is 488 g/mol. The Labute approximate surface area is 208 Å². The van der Waals surface area contributed by atoms with Crippen LogP contribution in [0.25, 0.3) is 11.0 Å². The lowest BCUT2D eigenvalue weighted by Gasteiger charge is -2.24. The van der Waals surface area contributed by atoms with E-state index in [0.29, 0.717) is 29.9 Å². The summed E-state index contributed by atoms with van der Waals surface area (Å²) in [6.45, 7) is 6.94. The van der Waals surface area contributed by atoms with E-state index in [-0.39, 0.29) is 23.8 Å². The van der Waals surface area contributed by atoms with Crippen LogP contribution >= 0.6 is 11.3 Å². The number of hydrogen-bond acceptors (Lipinski definition) is 5. The molecule has 1 saturated heterocycles. The number of aryl methyl sites for hydroxylation is 1. The Kier molecular flexibility index (Phi) is 6.38. The van der Waals surface area contributed by atoms with Crippen LogP contribution in [0.2, 0.25) is 0 Å². The van der Waals surface area contributed by atoms with E-state index >= 15 is 0 Å². The average Bonchev–Trinajstić information content (AvgIpc) is 3.59. The maximum atomic E-state index is 14.1. The van der Waals surface area contributed by atoms with Gasteiger partial charge >= 0.3 is 0 Å². The van der Waals surface area contributed by atoms with Gasteiger partial charge in [0.2, 0.25) is 5.91 Å². The fraction of sp³-hybridized carbons (Fsp3) is 0.333. The summed E-state index contributed by atoms with van der Waals surface area (Å²) in [7, 11) is 0. The van der Waals surface area contributed by atoms with Crippen molar-refractivity contribution in [1.29, 1.82) is 0 Å². The molecular formula is C27H29N5O2S. The van der Waals surface area contributed by atoms with Crippen LogP contribution in [0.1, 0.15) is 59.5 Å². The molecule has 1 atom stereocenters. The summed E-state index contributed by atoms with van der Waals surface area (Å²) < 4.78 is 2.10. The van der Waals surface area contributed by atoms with E-state index in [1.165, 1.54) is 0 Å². The van der Waals surface area contributed by atoms with Gasteiger partial charge in [-0.25, -0.2) is 9.97 Å². The van der Waals surface area contributed by atoms with Crippen molar-refractivity contribution in [1.82, 2.24) is 19.4 Å². The number of nitrogens with one attached hydrogen (secondary N) is 1. The number of imidazole rings is 1. The first-order valence-corrected chi connectivity index (χ1v) is 12.9. The number of likely N-dealkylation sites (tertiary alicyclic amines) is 1. The van der Waals surface area contributed by atoms with E-state index in [1.54, 1.807) is 17.5 Å². The van der Waals surface area contributed by atoms with Gasteiger partial charge < -0.3 is 14.8 Å². The zero-order chi connectivity index (χ0) is 24.5. The van der Waals surface area contributed by atoms with Gasteiger partial charge in [0.05, 0.1) is 22.6 Å². The molecule has 0 unspecified atom stereocenters. The number of benzene rings is 2. The highest BCUT2D eigenvalue weighted by molar-refractivity contribution is 7.09. The minimum absolute atomic E-state index is 0.0296. The summed E-state index contributed by atoms with van der Waals surface area (Å²) in [5.41, 5.74) is 3.78. The molecule has 0 saturated carbocycles. The molecule has 4 aromatic rings. The largest absolute Gasteiger partial charge is 0.329 e. The summed E-state index contributed by atoms with van der Waals surface area (Å²) in [6, 6.07) is 13.8. The van der Waals surface area contributed by atoms with Crippen molar-refractivity contribution >= 4 is 39.9 Å². The number of fused-ring (bicyclic) bond motifs is 1. The Morgan fingerprint density at radius 2 is 2.00 bits per heavy atom. The molecule has 0 aliphatic carbocycles. The van der Waals surface area contributed by atoms with Crippen LogP contribution in [0.15, 0.2) is 54.0 Å². The van der Waals surface area contributed by atoms with Crippen LogP contribution in [0.5, 0.6) is 0 Å². The number of carbonyl (C=O) groups excluding carboxylic acids is 2. The first-order chi connectivity index (χ1) is 16.9. The van der Waals surface area contributed by atoms with E-state index < -0.39 is 0 Å². The Morgan fingerprint density at radius 1 is 1.20 bits per heavy atom. The Balaban J connectivity index is 1.62. The molecule has 2 amide bonds. The minimum Gasteiger partial charge on any atom is -0.329 e. The smallest absolute Gasteiger partial charge is 0.256 e. The lowest BCUT2D eigenvalue weighted by atomic mass is 10.1. The molecule has 180 valence electrons.